The van der Waals surface area contributed by atoms with Gasteiger partial charge in [0.2, 0.25) is 10.0 Å². The fourth-order valence-electron chi connectivity index (χ4n) is 2.67. The molecule has 8 nitrogen and oxygen atoms in total. The number of anilines is 1. The highest BCUT2D eigenvalue weighted by molar-refractivity contribution is 7.89. The Kier molecular flexibility index (Phi) is 7.47. The molecule has 0 saturated heterocycles. The molecule has 1 atom stereocenters. The van der Waals surface area contributed by atoms with Crippen LogP contribution in [-0.4, -0.2) is 32.2 Å². The SMILES string of the molecule is Cc1ccc(C)c(C(=O)CCC(=O)OC(C)C(=O)Nc2ccc(S(N)(=O)=O)cc2)c1. The first-order valence-corrected chi connectivity index (χ1v) is 10.8. The van der Waals surface area contributed by atoms with Gasteiger partial charge in [-0.05, 0) is 56.7 Å². The van der Waals surface area contributed by atoms with Crippen molar-refractivity contribution in [3.05, 3.63) is 59.2 Å². The first-order chi connectivity index (χ1) is 14.0. The van der Waals surface area contributed by atoms with Gasteiger partial charge in [-0.2, -0.15) is 0 Å². The summed E-state index contributed by atoms with van der Waals surface area (Å²) in [5.74, 6) is -1.42. The molecule has 0 saturated carbocycles. The van der Waals surface area contributed by atoms with Gasteiger partial charge in [-0.25, -0.2) is 13.6 Å². The van der Waals surface area contributed by atoms with Crippen LogP contribution in [0.15, 0.2) is 47.4 Å². The molecular weight excluding hydrogens is 408 g/mol. The fourth-order valence-corrected chi connectivity index (χ4v) is 3.18. The predicted octanol–water partition coefficient (Wildman–Crippen LogP) is 2.48. The average Bonchev–Trinajstić information content (AvgIpc) is 2.67. The molecule has 1 amide bonds. The summed E-state index contributed by atoms with van der Waals surface area (Å²) in [5, 5.41) is 7.53. The minimum atomic E-state index is -3.83. The highest BCUT2D eigenvalue weighted by Crippen LogP contribution is 2.15. The van der Waals surface area contributed by atoms with E-state index in [9.17, 15) is 22.8 Å². The van der Waals surface area contributed by atoms with E-state index in [0.29, 0.717) is 11.3 Å². The van der Waals surface area contributed by atoms with Gasteiger partial charge in [0.1, 0.15) is 0 Å². The maximum absolute atomic E-state index is 12.3. The van der Waals surface area contributed by atoms with Gasteiger partial charge >= 0.3 is 5.97 Å². The molecule has 160 valence electrons. The zero-order chi connectivity index (χ0) is 22.5. The first-order valence-electron chi connectivity index (χ1n) is 9.21. The summed E-state index contributed by atoms with van der Waals surface area (Å²) in [4.78, 5) is 36.4. The minimum Gasteiger partial charge on any atom is -0.453 e. The van der Waals surface area contributed by atoms with Crippen LogP contribution in [0, 0.1) is 13.8 Å². The number of rotatable bonds is 8. The maximum atomic E-state index is 12.3. The number of esters is 1. The van der Waals surface area contributed by atoms with Crippen LogP contribution < -0.4 is 10.5 Å². The number of carbonyl (C=O) groups is 3. The van der Waals surface area contributed by atoms with Gasteiger partial charge < -0.3 is 10.1 Å². The average molecular weight is 432 g/mol. The number of amides is 1. The second-order valence-electron chi connectivity index (χ2n) is 6.93. The summed E-state index contributed by atoms with van der Waals surface area (Å²) < 4.78 is 27.6. The lowest BCUT2D eigenvalue weighted by molar-refractivity contribution is -0.153. The van der Waals surface area contributed by atoms with Crippen LogP contribution in [0.2, 0.25) is 0 Å². The summed E-state index contributed by atoms with van der Waals surface area (Å²) in [6.07, 6.45) is -1.26. The molecule has 30 heavy (non-hydrogen) atoms. The number of ether oxygens (including phenoxy) is 1. The largest absolute Gasteiger partial charge is 0.453 e. The summed E-state index contributed by atoms with van der Waals surface area (Å²) in [6, 6.07) is 10.8. The summed E-state index contributed by atoms with van der Waals surface area (Å²) in [5.41, 5.74) is 2.67. The van der Waals surface area contributed by atoms with Crippen LogP contribution >= 0.6 is 0 Å². The number of carbonyl (C=O) groups excluding carboxylic acids is 3. The number of ketones is 1. The standard InChI is InChI=1S/C21H24N2O6S/c1-13-4-5-14(2)18(12-13)19(24)10-11-20(25)29-15(3)21(26)23-16-6-8-17(9-7-16)30(22,27)28/h4-9,12,15H,10-11H2,1-3H3,(H,23,26)(H2,22,27,28). The van der Waals surface area contributed by atoms with Crippen LogP contribution in [0.5, 0.6) is 0 Å². The maximum Gasteiger partial charge on any atom is 0.307 e. The van der Waals surface area contributed by atoms with Crippen molar-refractivity contribution in [2.24, 2.45) is 5.14 Å². The monoisotopic (exact) mass is 432 g/mol. The van der Waals surface area contributed by atoms with E-state index in [1.165, 1.54) is 31.2 Å². The lowest BCUT2D eigenvalue weighted by Crippen LogP contribution is -2.30. The second-order valence-corrected chi connectivity index (χ2v) is 8.49. The molecule has 0 heterocycles. The number of Topliss-reactive ketones (excluding diaryl/α,β-unsaturated/α-hetero) is 1. The molecule has 1 unspecified atom stereocenters. The molecule has 0 fully saturated rings. The number of nitrogens with two attached hydrogens (primary N) is 1. The Bertz CT molecular complexity index is 1060. The molecule has 0 aromatic heterocycles. The van der Waals surface area contributed by atoms with Gasteiger partial charge in [-0.1, -0.05) is 17.7 Å². The van der Waals surface area contributed by atoms with Crippen molar-refractivity contribution in [3.63, 3.8) is 0 Å². The summed E-state index contributed by atoms with van der Waals surface area (Å²) in [7, 11) is -3.83. The van der Waals surface area contributed by atoms with Crippen molar-refractivity contribution in [2.45, 2.75) is 44.6 Å². The third-order valence-electron chi connectivity index (χ3n) is 4.38. The van der Waals surface area contributed by atoms with E-state index in [-0.39, 0.29) is 23.5 Å². The Morgan fingerprint density at radius 2 is 1.67 bits per heavy atom. The number of hydrogen-bond donors (Lipinski definition) is 2. The van der Waals surface area contributed by atoms with Crippen LogP contribution in [0.25, 0.3) is 0 Å². The number of primary sulfonamides is 1. The molecule has 2 aromatic rings. The van der Waals surface area contributed by atoms with Crippen molar-refractivity contribution in [2.75, 3.05) is 5.32 Å². The number of sulfonamides is 1. The van der Waals surface area contributed by atoms with Gasteiger partial charge in [0.25, 0.3) is 5.91 Å². The zero-order valence-electron chi connectivity index (χ0n) is 17.0. The van der Waals surface area contributed by atoms with E-state index in [1.807, 2.05) is 26.0 Å². The van der Waals surface area contributed by atoms with Crippen LogP contribution in [0.1, 0.15) is 41.3 Å². The topological polar surface area (TPSA) is 133 Å². The highest BCUT2D eigenvalue weighted by Gasteiger charge is 2.19. The normalized spacial score (nSPS) is 12.1. The Hall–Kier alpha value is -3.04. The van der Waals surface area contributed by atoms with Crippen LogP contribution in [0.3, 0.4) is 0 Å². The molecule has 0 aliphatic rings. The Balaban J connectivity index is 1.86. The van der Waals surface area contributed by atoms with Crippen molar-refractivity contribution < 1.29 is 27.5 Å². The van der Waals surface area contributed by atoms with E-state index in [0.717, 1.165) is 11.1 Å². The first kappa shape index (κ1) is 23.2. The highest BCUT2D eigenvalue weighted by atomic mass is 32.2. The van der Waals surface area contributed by atoms with Gasteiger partial charge in [0.15, 0.2) is 11.9 Å². The minimum absolute atomic E-state index is 0.0213. The molecule has 0 bridgehead atoms. The molecule has 2 rings (SSSR count). The Morgan fingerprint density at radius 1 is 1.03 bits per heavy atom. The number of aryl methyl sites for hydroxylation is 2. The summed E-state index contributed by atoms with van der Waals surface area (Å²) in [6.45, 7) is 5.11. The van der Waals surface area contributed by atoms with Gasteiger partial charge in [0.05, 0.1) is 11.3 Å². The van der Waals surface area contributed by atoms with Gasteiger partial charge in [0, 0.05) is 17.7 Å². The predicted molar refractivity (Wildman–Crippen MR) is 111 cm³/mol. The smallest absolute Gasteiger partial charge is 0.307 e. The molecule has 3 N–H and O–H groups in total. The Labute approximate surface area is 175 Å². The van der Waals surface area contributed by atoms with Gasteiger partial charge in [-0.15, -0.1) is 0 Å². The summed E-state index contributed by atoms with van der Waals surface area (Å²) >= 11 is 0. The van der Waals surface area contributed by atoms with E-state index < -0.39 is 28.0 Å². The van der Waals surface area contributed by atoms with E-state index in [1.54, 1.807) is 6.07 Å². The number of hydrogen-bond acceptors (Lipinski definition) is 6. The second kappa shape index (κ2) is 9.64. The molecular formula is C21H24N2O6S. The fraction of sp³-hybridized carbons (Fsp3) is 0.286. The zero-order valence-corrected chi connectivity index (χ0v) is 17.8. The van der Waals surface area contributed by atoms with Crippen LogP contribution in [0.4, 0.5) is 5.69 Å². The van der Waals surface area contributed by atoms with Crippen LogP contribution in [-0.2, 0) is 24.3 Å². The Morgan fingerprint density at radius 3 is 2.27 bits per heavy atom. The third kappa shape index (κ3) is 6.50. The van der Waals surface area contributed by atoms with Crippen molar-refractivity contribution in [1.29, 1.82) is 0 Å². The molecule has 2 aromatic carbocycles. The lowest BCUT2D eigenvalue weighted by Gasteiger charge is -2.14. The third-order valence-corrected chi connectivity index (χ3v) is 5.31. The van der Waals surface area contributed by atoms with Crippen molar-refractivity contribution in [1.82, 2.24) is 0 Å². The number of benzene rings is 2. The van der Waals surface area contributed by atoms with Crippen molar-refractivity contribution in [3.8, 4) is 0 Å². The molecule has 0 aliphatic carbocycles. The van der Waals surface area contributed by atoms with Gasteiger partial charge in [-0.3, -0.25) is 14.4 Å². The lowest BCUT2D eigenvalue weighted by atomic mass is 9.99. The van der Waals surface area contributed by atoms with E-state index in [2.05, 4.69) is 5.32 Å². The number of nitrogens with one attached hydrogen (secondary N) is 1. The molecule has 0 spiro atoms. The van der Waals surface area contributed by atoms with E-state index in [4.69, 9.17) is 9.88 Å². The quantitative estimate of drug-likeness (QED) is 0.486. The van der Waals surface area contributed by atoms with E-state index >= 15 is 0 Å². The molecule has 0 radical (unpaired) electrons. The molecule has 9 heteroatoms. The molecule has 0 aliphatic heterocycles. The van der Waals surface area contributed by atoms with Crippen molar-refractivity contribution >= 4 is 33.4 Å².